The molecule has 0 aliphatic heterocycles. The van der Waals surface area contributed by atoms with E-state index in [0.29, 0.717) is 25.9 Å². The Hall–Kier alpha value is -5.13. The molecule has 0 amide bonds. The number of carbonyl (C=O) groups is 1. The largest absolute Gasteiger partial charge is 0.497 e. The van der Waals surface area contributed by atoms with Gasteiger partial charge in [0.05, 0.1) is 44.5 Å². The van der Waals surface area contributed by atoms with Crippen LogP contribution in [0.1, 0.15) is 47.9 Å². The summed E-state index contributed by atoms with van der Waals surface area (Å²) in [6.45, 7) is 0.101. The highest BCUT2D eigenvalue weighted by Gasteiger charge is 2.37. The molecule has 0 bridgehead atoms. The Morgan fingerprint density at radius 1 is 0.750 bits per heavy atom. The molecule has 0 saturated carbocycles. The Balaban J connectivity index is 1.45. The number of benzene rings is 4. The molecule has 0 spiro atoms. The Labute approximate surface area is 280 Å². The average molecular weight is 660 g/mol. The summed E-state index contributed by atoms with van der Waals surface area (Å²) in [4.78, 5) is 23.9. The molecule has 4 aromatic carbocycles. The van der Waals surface area contributed by atoms with Crippen molar-refractivity contribution in [1.29, 1.82) is 0 Å². The van der Waals surface area contributed by atoms with Crippen molar-refractivity contribution in [3.63, 3.8) is 0 Å². The second-order valence-corrected chi connectivity index (χ2v) is 10.8. The molecular formula is C37H41NO10. The van der Waals surface area contributed by atoms with Crippen molar-refractivity contribution in [2.45, 2.75) is 37.9 Å². The molecule has 11 nitrogen and oxygen atoms in total. The minimum atomic E-state index is -0.966. The van der Waals surface area contributed by atoms with Gasteiger partial charge >= 0.3 is 5.97 Å². The third kappa shape index (κ3) is 8.81. The molecule has 0 unspecified atom stereocenters. The van der Waals surface area contributed by atoms with Gasteiger partial charge in [0.25, 0.3) is 5.69 Å². The van der Waals surface area contributed by atoms with E-state index in [1.165, 1.54) is 19.2 Å². The van der Waals surface area contributed by atoms with Crippen molar-refractivity contribution < 1.29 is 43.2 Å². The second kappa shape index (κ2) is 17.7. The van der Waals surface area contributed by atoms with Crippen LogP contribution in [-0.2, 0) is 26.5 Å². The minimum Gasteiger partial charge on any atom is -0.497 e. The predicted octanol–water partition coefficient (Wildman–Crippen LogP) is 6.60. The lowest BCUT2D eigenvalue weighted by molar-refractivity contribution is -0.385. The molecule has 4 rings (SSSR count). The van der Waals surface area contributed by atoms with Gasteiger partial charge in [0.15, 0.2) is 11.5 Å². The number of esters is 1. The first-order valence-corrected chi connectivity index (χ1v) is 15.6. The summed E-state index contributed by atoms with van der Waals surface area (Å²) in [5.41, 5.74) is 1.69. The number of methoxy groups -OCH3 is 3. The Morgan fingerprint density at radius 2 is 1.35 bits per heavy atom. The molecule has 0 aliphatic carbocycles. The van der Waals surface area contributed by atoms with Gasteiger partial charge in [-0.15, -0.1) is 0 Å². The van der Waals surface area contributed by atoms with Gasteiger partial charge in [0.2, 0.25) is 0 Å². The van der Waals surface area contributed by atoms with E-state index >= 15 is 0 Å². The lowest BCUT2D eigenvalue weighted by atomic mass is 9.80. The molecule has 0 aliphatic rings. The molecule has 0 aromatic heterocycles. The summed E-state index contributed by atoms with van der Waals surface area (Å²) in [6.07, 6.45) is 1.47. The number of aliphatic hydroxyl groups excluding tert-OH is 1. The minimum absolute atomic E-state index is 0.0796. The van der Waals surface area contributed by atoms with Crippen LogP contribution in [0.15, 0.2) is 91.0 Å². The van der Waals surface area contributed by atoms with Crippen LogP contribution in [-0.4, -0.2) is 57.1 Å². The van der Waals surface area contributed by atoms with E-state index in [0.717, 1.165) is 28.2 Å². The molecule has 1 N–H and O–H groups in total. The average Bonchev–Trinajstić information content (AvgIpc) is 3.13. The highest BCUT2D eigenvalue weighted by atomic mass is 16.6. The molecule has 254 valence electrons. The summed E-state index contributed by atoms with van der Waals surface area (Å²) in [6, 6.07) is 28.1. The first kappa shape index (κ1) is 35.7. The van der Waals surface area contributed by atoms with Gasteiger partial charge in [-0.3, -0.25) is 14.9 Å². The molecule has 11 heteroatoms. The third-order valence-corrected chi connectivity index (χ3v) is 7.78. The maximum absolute atomic E-state index is 12.7. The number of carbonyl (C=O) groups excluding carboxylic acids is 1. The van der Waals surface area contributed by atoms with E-state index < -0.39 is 16.5 Å². The number of hydrogen-bond acceptors (Lipinski definition) is 10. The topological polar surface area (TPSA) is 136 Å². The van der Waals surface area contributed by atoms with E-state index in [2.05, 4.69) is 0 Å². The number of unbranched alkanes of at least 4 members (excludes halogenated alkanes) is 1. The van der Waals surface area contributed by atoms with E-state index in [1.54, 1.807) is 14.2 Å². The third-order valence-electron chi connectivity index (χ3n) is 7.78. The van der Waals surface area contributed by atoms with Gasteiger partial charge in [-0.1, -0.05) is 54.6 Å². The van der Waals surface area contributed by atoms with Crippen molar-refractivity contribution in [2.24, 2.45) is 0 Å². The lowest BCUT2D eigenvalue weighted by Crippen LogP contribution is -2.33. The van der Waals surface area contributed by atoms with Crippen LogP contribution in [0.5, 0.6) is 23.0 Å². The summed E-state index contributed by atoms with van der Waals surface area (Å²) >= 11 is 0. The van der Waals surface area contributed by atoms with Gasteiger partial charge in [0, 0.05) is 26.1 Å². The van der Waals surface area contributed by atoms with Crippen LogP contribution in [0.4, 0.5) is 5.69 Å². The number of nitro benzene ring substituents is 1. The number of nitrogens with zero attached hydrogens (tertiary/aromatic N) is 1. The Kier molecular flexibility index (Phi) is 13.2. The summed E-state index contributed by atoms with van der Waals surface area (Å²) in [7, 11) is 4.65. The van der Waals surface area contributed by atoms with Crippen LogP contribution in [0, 0.1) is 10.1 Å². The molecule has 0 heterocycles. The molecule has 0 fully saturated rings. The number of hydrogen-bond donors (Lipinski definition) is 1. The van der Waals surface area contributed by atoms with Crippen molar-refractivity contribution in [2.75, 3.05) is 41.2 Å². The first-order valence-electron chi connectivity index (χ1n) is 15.6. The fourth-order valence-electron chi connectivity index (χ4n) is 5.30. The quantitative estimate of drug-likeness (QED) is 0.0385. The summed E-state index contributed by atoms with van der Waals surface area (Å²) in [5, 5.41) is 20.7. The molecule has 4 aromatic rings. The van der Waals surface area contributed by atoms with Gasteiger partial charge in [-0.25, -0.2) is 0 Å². The fraction of sp³-hybridized carbons (Fsp3) is 0.324. The standard InChI is InChI=1S/C37H41NO10/c1-43-31-17-13-29(14-18-31)37(28-10-5-4-6-11-28,30-15-19-32(44-2)20-16-30)48-23-8-7-12-36(40)47-26-27-24-34(45-3)35(46-22-9-21-39)25-33(27)38(41)42/h4-6,10-11,13-20,24-25,39H,7-9,12,21-23,26H2,1-3H3. The van der Waals surface area contributed by atoms with E-state index in [4.69, 9.17) is 33.5 Å². The molecule has 0 radical (unpaired) electrons. The Bertz CT molecular complexity index is 1560. The van der Waals surface area contributed by atoms with Gasteiger partial charge < -0.3 is 33.5 Å². The van der Waals surface area contributed by atoms with Crippen LogP contribution < -0.4 is 18.9 Å². The molecule has 48 heavy (non-hydrogen) atoms. The summed E-state index contributed by atoms with van der Waals surface area (Å²) < 4.78 is 33.9. The maximum Gasteiger partial charge on any atom is 0.306 e. The van der Waals surface area contributed by atoms with Crippen LogP contribution in [0.25, 0.3) is 0 Å². The van der Waals surface area contributed by atoms with Crippen molar-refractivity contribution in [3.05, 3.63) is 123 Å². The molecule has 0 saturated heterocycles. The fourth-order valence-corrected chi connectivity index (χ4v) is 5.30. The van der Waals surface area contributed by atoms with Gasteiger partial charge in [-0.05, 0) is 59.9 Å². The Morgan fingerprint density at radius 3 is 1.90 bits per heavy atom. The zero-order valence-corrected chi connectivity index (χ0v) is 27.4. The smallest absolute Gasteiger partial charge is 0.306 e. The van der Waals surface area contributed by atoms with Crippen molar-refractivity contribution in [1.82, 2.24) is 0 Å². The number of ether oxygens (including phenoxy) is 6. The number of aliphatic hydroxyl groups is 1. The highest BCUT2D eigenvalue weighted by Crippen LogP contribution is 2.42. The van der Waals surface area contributed by atoms with Crippen LogP contribution >= 0.6 is 0 Å². The van der Waals surface area contributed by atoms with E-state index in [-0.39, 0.29) is 49.0 Å². The van der Waals surface area contributed by atoms with Gasteiger partial charge in [-0.2, -0.15) is 0 Å². The molecule has 0 atom stereocenters. The zero-order valence-electron chi connectivity index (χ0n) is 27.4. The van der Waals surface area contributed by atoms with Crippen LogP contribution in [0.3, 0.4) is 0 Å². The van der Waals surface area contributed by atoms with E-state index in [9.17, 15) is 14.9 Å². The summed E-state index contributed by atoms with van der Waals surface area (Å²) in [5.74, 6) is 1.38. The highest BCUT2D eigenvalue weighted by molar-refractivity contribution is 5.69. The van der Waals surface area contributed by atoms with Gasteiger partial charge in [0.1, 0.15) is 23.7 Å². The molecular weight excluding hydrogens is 618 g/mol. The SMILES string of the molecule is COc1ccc(C(OCCCCC(=O)OCc2cc(OC)c(OCCCO)cc2[N+](=O)[O-])(c2ccccc2)c2ccc(OC)cc2)cc1. The predicted molar refractivity (Wildman–Crippen MR) is 179 cm³/mol. The van der Waals surface area contributed by atoms with Crippen LogP contribution in [0.2, 0.25) is 0 Å². The lowest BCUT2D eigenvalue weighted by Gasteiger charge is -2.36. The first-order chi connectivity index (χ1) is 23.4. The number of rotatable bonds is 19. The van der Waals surface area contributed by atoms with E-state index in [1.807, 2.05) is 78.9 Å². The zero-order chi connectivity index (χ0) is 34.4. The number of nitro groups is 1. The normalized spacial score (nSPS) is 11.1. The second-order valence-electron chi connectivity index (χ2n) is 10.8. The van der Waals surface area contributed by atoms with Crippen molar-refractivity contribution >= 4 is 11.7 Å². The van der Waals surface area contributed by atoms with Crippen molar-refractivity contribution in [3.8, 4) is 23.0 Å². The monoisotopic (exact) mass is 659 g/mol. The maximum atomic E-state index is 12.7.